The highest BCUT2D eigenvalue weighted by Crippen LogP contribution is 2.40. The Morgan fingerprint density at radius 3 is 2.83 bits per heavy atom. The van der Waals surface area contributed by atoms with Gasteiger partial charge in [0, 0.05) is 18.5 Å². The summed E-state index contributed by atoms with van der Waals surface area (Å²) < 4.78 is 32.4. The Morgan fingerprint density at radius 2 is 2.09 bits per heavy atom. The average Bonchev–Trinajstić information content (AvgIpc) is 3.16. The molecule has 0 spiro atoms. The van der Waals surface area contributed by atoms with Crippen molar-refractivity contribution < 1.29 is 18.3 Å². The molecule has 1 aliphatic heterocycles. The second kappa shape index (κ2) is 5.69. The van der Waals surface area contributed by atoms with Crippen LogP contribution in [0.15, 0.2) is 28.8 Å². The average molecular weight is 320 g/mol. The minimum Gasteiger partial charge on any atom is -0.444 e. The molecule has 23 heavy (non-hydrogen) atoms. The van der Waals surface area contributed by atoms with Crippen molar-refractivity contribution in [2.24, 2.45) is 0 Å². The first kappa shape index (κ1) is 14.8. The largest absolute Gasteiger partial charge is 0.444 e. The highest BCUT2D eigenvalue weighted by atomic mass is 19.2. The van der Waals surface area contributed by atoms with Crippen LogP contribution in [0, 0.1) is 11.6 Å². The molecule has 1 aromatic carbocycles. The van der Waals surface area contributed by atoms with Crippen LogP contribution in [0.3, 0.4) is 0 Å². The summed E-state index contributed by atoms with van der Waals surface area (Å²) in [4.78, 5) is 6.30. The molecule has 2 aromatic rings. The molecule has 0 amide bonds. The van der Waals surface area contributed by atoms with Crippen molar-refractivity contribution in [3.63, 3.8) is 0 Å². The van der Waals surface area contributed by atoms with Crippen molar-refractivity contribution in [1.29, 1.82) is 0 Å². The second-order valence-electron chi connectivity index (χ2n) is 6.44. The van der Waals surface area contributed by atoms with Crippen molar-refractivity contribution >= 4 is 0 Å². The molecule has 0 radical (unpaired) electrons. The number of halogens is 2. The van der Waals surface area contributed by atoms with E-state index in [2.05, 4.69) is 4.98 Å². The van der Waals surface area contributed by atoms with Gasteiger partial charge >= 0.3 is 0 Å². The highest BCUT2D eigenvalue weighted by Gasteiger charge is 2.34. The summed E-state index contributed by atoms with van der Waals surface area (Å²) in [6.07, 6.45) is 4.06. The number of β-amino-alcohol motifs (C(OH)–C–C–N with tert-alkyl or cyclic N) is 1. The first-order valence-corrected chi connectivity index (χ1v) is 7.92. The molecule has 1 saturated carbocycles. The fraction of sp³-hybridized carbons (Fsp3) is 0.471. The number of aliphatic hydroxyl groups is 1. The monoisotopic (exact) mass is 320 g/mol. The van der Waals surface area contributed by atoms with Gasteiger partial charge in [-0.2, -0.15) is 0 Å². The lowest BCUT2D eigenvalue weighted by Crippen LogP contribution is -2.24. The molecule has 2 heterocycles. The van der Waals surface area contributed by atoms with E-state index < -0.39 is 17.7 Å². The van der Waals surface area contributed by atoms with Gasteiger partial charge in [-0.3, -0.25) is 4.90 Å². The molecule has 2 aliphatic rings. The number of hydrogen-bond acceptors (Lipinski definition) is 4. The molecule has 2 fully saturated rings. The predicted molar refractivity (Wildman–Crippen MR) is 78.6 cm³/mol. The van der Waals surface area contributed by atoms with Gasteiger partial charge in [-0.25, -0.2) is 13.8 Å². The van der Waals surface area contributed by atoms with Crippen molar-refractivity contribution in [2.45, 2.75) is 43.9 Å². The fourth-order valence-electron chi connectivity index (χ4n) is 3.25. The lowest BCUT2D eigenvalue weighted by atomic mass is 10.0. The molecular weight excluding hydrogens is 302 g/mol. The van der Waals surface area contributed by atoms with Crippen LogP contribution in [-0.4, -0.2) is 27.6 Å². The molecular formula is C17H18F2N2O2. The third-order valence-electron chi connectivity index (χ3n) is 4.60. The number of nitrogens with zero attached hydrogens (tertiary/aromatic N) is 2. The molecule has 4 rings (SSSR count). The van der Waals surface area contributed by atoms with Gasteiger partial charge in [0.1, 0.15) is 5.76 Å². The Hall–Kier alpha value is -1.79. The molecule has 2 unspecified atom stereocenters. The van der Waals surface area contributed by atoms with Crippen molar-refractivity contribution in [3.05, 3.63) is 53.2 Å². The third-order valence-corrected chi connectivity index (χ3v) is 4.60. The van der Waals surface area contributed by atoms with Crippen molar-refractivity contribution in [3.8, 4) is 0 Å². The number of likely N-dealkylation sites (tertiary alicyclic amines) is 1. The van der Waals surface area contributed by atoms with Gasteiger partial charge in [-0.05, 0) is 37.0 Å². The Labute approximate surface area is 132 Å². The minimum atomic E-state index is -0.865. The van der Waals surface area contributed by atoms with Crippen LogP contribution in [0.2, 0.25) is 0 Å². The van der Waals surface area contributed by atoms with Crippen LogP contribution in [0.4, 0.5) is 8.78 Å². The quantitative estimate of drug-likeness (QED) is 0.940. The highest BCUT2D eigenvalue weighted by molar-refractivity contribution is 5.23. The van der Waals surface area contributed by atoms with E-state index >= 15 is 0 Å². The van der Waals surface area contributed by atoms with Gasteiger partial charge in [0.15, 0.2) is 11.6 Å². The van der Waals surface area contributed by atoms with Gasteiger partial charge < -0.3 is 9.52 Å². The lowest BCUT2D eigenvalue weighted by Gasteiger charge is -2.23. The zero-order chi connectivity index (χ0) is 16.0. The van der Waals surface area contributed by atoms with Crippen LogP contribution in [-0.2, 0) is 6.54 Å². The molecule has 2 atom stereocenters. The summed E-state index contributed by atoms with van der Waals surface area (Å²) in [5.41, 5.74) is 0.662. The van der Waals surface area contributed by atoms with Gasteiger partial charge in [0.25, 0.3) is 0 Å². The van der Waals surface area contributed by atoms with E-state index in [-0.39, 0.29) is 6.04 Å². The molecule has 1 saturated heterocycles. The normalized spacial score (nSPS) is 25.2. The van der Waals surface area contributed by atoms with Gasteiger partial charge in [0.2, 0.25) is 5.89 Å². The zero-order valence-corrected chi connectivity index (χ0v) is 12.6. The van der Waals surface area contributed by atoms with Gasteiger partial charge in [-0.15, -0.1) is 0 Å². The van der Waals surface area contributed by atoms with E-state index in [9.17, 15) is 13.9 Å². The van der Waals surface area contributed by atoms with Crippen LogP contribution in [0.25, 0.3) is 0 Å². The number of aromatic nitrogens is 1. The van der Waals surface area contributed by atoms with Crippen LogP contribution < -0.4 is 0 Å². The Morgan fingerprint density at radius 1 is 1.26 bits per heavy atom. The smallest absolute Gasteiger partial charge is 0.208 e. The summed E-state index contributed by atoms with van der Waals surface area (Å²) in [6.45, 7) is 0.915. The Balaban J connectivity index is 1.53. The molecule has 1 aliphatic carbocycles. The first-order valence-electron chi connectivity index (χ1n) is 7.92. The van der Waals surface area contributed by atoms with E-state index in [0.29, 0.717) is 36.9 Å². The predicted octanol–water partition coefficient (Wildman–Crippen LogP) is 3.14. The van der Waals surface area contributed by atoms with Gasteiger partial charge in [-0.1, -0.05) is 6.07 Å². The number of aliphatic hydroxyl groups excluding tert-OH is 1. The van der Waals surface area contributed by atoms with Crippen LogP contribution in [0.5, 0.6) is 0 Å². The fourth-order valence-corrected chi connectivity index (χ4v) is 3.25. The van der Waals surface area contributed by atoms with E-state index in [0.717, 1.165) is 24.7 Å². The third kappa shape index (κ3) is 3.01. The molecule has 6 heteroatoms. The van der Waals surface area contributed by atoms with Crippen molar-refractivity contribution in [2.75, 3.05) is 6.54 Å². The maximum atomic E-state index is 13.5. The SMILES string of the molecule is OC1CC(c2ccc(F)c(F)c2)N(Cc2ncc(C3CC3)o2)C1. The first-order chi connectivity index (χ1) is 11.1. The summed E-state index contributed by atoms with van der Waals surface area (Å²) in [6, 6.07) is 3.73. The van der Waals surface area contributed by atoms with Crippen molar-refractivity contribution in [1.82, 2.24) is 9.88 Å². The standard InChI is InChI=1S/C17H18F2N2O2/c18-13-4-3-11(5-14(13)19)15-6-12(22)8-21(15)9-17-20-7-16(23-17)10-1-2-10/h3-5,7,10,12,15,22H,1-2,6,8-9H2. The molecule has 1 aromatic heterocycles. The van der Waals surface area contributed by atoms with E-state index in [1.165, 1.54) is 6.07 Å². The summed E-state index contributed by atoms with van der Waals surface area (Å²) in [5.74, 6) is 0.303. The second-order valence-corrected chi connectivity index (χ2v) is 6.44. The maximum Gasteiger partial charge on any atom is 0.208 e. The van der Waals surface area contributed by atoms with E-state index in [4.69, 9.17) is 4.42 Å². The molecule has 0 bridgehead atoms. The van der Waals surface area contributed by atoms with Gasteiger partial charge in [0.05, 0.1) is 18.8 Å². The summed E-state index contributed by atoms with van der Waals surface area (Å²) in [5, 5.41) is 9.98. The topological polar surface area (TPSA) is 49.5 Å². The molecule has 4 nitrogen and oxygen atoms in total. The minimum absolute atomic E-state index is 0.170. The van der Waals surface area contributed by atoms with E-state index in [1.54, 1.807) is 12.3 Å². The molecule has 1 N–H and O–H groups in total. The number of oxazole rings is 1. The lowest BCUT2D eigenvalue weighted by molar-refractivity contribution is 0.166. The van der Waals surface area contributed by atoms with Crippen LogP contribution >= 0.6 is 0 Å². The number of rotatable bonds is 4. The number of hydrogen-bond donors (Lipinski definition) is 1. The Bertz CT molecular complexity index is 714. The summed E-state index contributed by atoms with van der Waals surface area (Å²) in [7, 11) is 0. The maximum absolute atomic E-state index is 13.5. The Kier molecular flexibility index (Phi) is 3.66. The summed E-state index contributed by atoms with van der Waals surface area (Å²) >= 11 is 0. The number of benzene rings is 1. The van der Waals surface area contributed by atoms with E-state index in [1.807, 2.05) is 4.90 Å². The molecule has 122 valence electrons. The zero-order valence-electron chi connectivity index (χ0n) is 12.6. The van der Waals surface area contributed by atoms with Crippen LogP contribution in [0.1, 0.15) is 48.4 Å².